The Balaban J connectivity index is 0.000000300. The Hall–Kier alpha value is -6.59. The first-order valence-electron chi connectivity index (χ1n) is 47.7. The van der Waals surface area contributed by atoms with Crippen molar-refractivity contribution in [3.63, 3.8) is 0 Å². The zero-order chi connectivity index (χ0) is 111. The summed E-state index contributed by atoms with van der Waals surface area (Å²) >= 11 is 0.905. The summed E-state index contributed by atoms with van der Waals surface area (Å²) in [5, 5.41) is 254. The third-order valence-corrected chi connectivity index (χ3v) is 26.7. The highest BCUT2D eigenvalue weighted by molar-refractivity contribution is 8.13. The van der Waals surface area contributed by atoms with Crippen LogP contribution in [0.4, 0.5) is 0 Å². The largest absolute Gasteiger partial charge is 0.480 e. The van der Waals surface area contributed by atoms with Crippen molar-refractivity contribution in [1.82, 2.24) is 31.9 Å². The SMILES string of the molecule is CC(=O)NCCSC(=O)[C@@H](O)CCNC(=O)CC[C@H](N)C(=O)O.NCC[C@H](O)C(=O)N[C@@H]1CC(N)[C@@H](O[C@H]2OC(CO)[C@@H](O)[C@H](O)C2N)[C@H](O[C@@H]2O[C@H](CN)[C@H](O)C2O)C1O.NC[C@H]1O[C@@H](O[C@@H]2C(O)[C@H](N)CC(N)[C@H]2O[C@H]2OC(CO)[C@@H](O)[C@H](O)C2N)C(O)[C@H]1O.NC[C@H]1O[C@@H](O[C@@H]2C(O)[C@H](NC(=O)[C@@H](O)CCNC(=O)CC[C@H](N)C(=O)O)CC(N)[C@H]2O[C@H]2OC(CO)[C@@H](O)[C@H](O)C2N)C(O)[C@H]1O.O=C1CC[C@@H](C(=O)O)N1. The van der Waals surface area contributed by atoms with Gasteiger partial charge in [0.1, 0.15) is 195 Å². The number of carbonyl (C=O) groups is 10. The molecule has 148 heavy (non-hydrogen) atoms. The second-order valence-electron chi connectivity index (χ2n) is 36.8. The number of nitrogens with one attached hydrogen (secondary N) is 6. The molecule has 0 aromatic rings. The van der Waals surface area contributed by atoms with E-state index in [0.29, 0.717) is 25.1 Å². The summed E-state index contributed by atoms with van der Waals surface area (Å²) in [6, 6.07) is -12.7. The Morgan fingerprint density at radius 3 is 1.01 bits per heavy atom. The van der Waals surface area contributed by atoms with Gasteiger partial charge in [-0.25, -0.2) is 4.79 Å². The third-order valence-electron chi connectivity index (χ3n) is 25.8. The number of aliphatic hydroxyl groups is 21. The van der Waals surface area contributed by atoms with Gasteiger partial charge in [-0.15, -0.1) is 0 Å². The average molecular weight is 2170 g/mol. The first kappa shape index (κ1) is 130. The highest BCUT2D eigenvalue weighted by Crippen LogP contribution is 2.38. The molecule has 0 spiro atoms. The summed E-state index contributed by atoms with van der Waals surface area (Å²) in [6.45, 7) is -0.682. The van der Waals surface area contributed by atoms with Crippen molar-refractivity contribution in [3.8, 4) is 0 Å². The molecule has 66 heteroatoms. The molecule has 56 N–H and O–H groups in total. The topological polar surface area (TPSA) is 1180 Å². The number of ether oxygens (including phenoxy) is 12. The number of rotatable bonds is 43. The number of thioether (sulfide) groups is 1. The van der Waals surface area contributed by atoms with Crippen molar-refractivity contribution in [3.05, 3.63) is 0 Å². The van der Waals surface area contributed by atoms with E-state index in [-0.39, 0.29) is 121 Å². The van der Waals surface area contributed by atoms with Gasteiger partial charge in [-0.2, -0.15) is 0 Å². The molecule has 15 unspecified atom stereocenters. The molecule has 10 rings (SSSR count). The standard InChI is InChI=1S/C26H48N6O15.C21H41N5O12.C17H34N4O10.C13H23N3O6S.C5H7NO3/c27-6-12-17(37)20(40)26(44-12)47-22-16(36)10(32-23(41)11(34)3-4-31-14(35)2-1-8(28)24(42)43)5-9(29)21(22)46-25-15(30)19(39)18(38)13(7-33)45-25;22-2-1-8(28)19(34)26-7-3-6(24)17(37-20-11(25)15(32)14(31)10(5-27)36-20)18(12(7)29)38-21-16(33)13(30)9(4-23)35-21;18-2-6-10(24)13(27)17(28-6)31-15-9(23)4(19)1-5(20)14(15)30-16-8(21)12(26)11(25)7(3-22)29-16;1-8(17)15-6-7-23-13(22)10(18)4-5-16-11(19)3-2-9(14)12(20)21;7-4-2-1-3(6-4)5(8)9/h8-13,15-22,25-26,33-34,36-40H,1-7,27-30H2,(H,31,35)(H,32,41)(H,42,43);6-18,20-21,27-33H,1-5,22-25H2,(H,26,34);4-17,22-27H,1-3,18-21H2;9-10,18H,2-7,14H2,1H3,(H,15,17)(H,16,19)(H,20,21);3H,1-2H2,(H,6,7)(H,8,9)/t8-,9?,10+,11-,12+,13?,15?,16?,17-,18+,19+,20?,21+,22+,25+,26-;6?,7-,8+,9-,10?,11?,12?,13+,14-,15-,16?,17-,18-,20-,21+;4-,5?,6-,7?,8?,9?,10+,11-,12-,13?,14-,15-,16-,17+;9-,10-;3-/m01100/s1. The first-order chi connectivity index (χ1) is 69.6. The molecule has 10 aliphatic rings. The van der Waals surface area contributed by atoms with E-state index in [2.05, 4.69) is 31.9 Å². The molecular weight excluding hydrogens is 2020 g/mol. The smallest absolute Gasteiger partial charge is 0.326 e. The van der Waals surface area contributed by atoms with Crippen molar-refractivity contribution in [2.75, 3.05) is 71.4 Å². The fourth-order valence-electron chi connectivity index (χ4n) is 16.8. The maximum Gasteiger partial charge on any atom is 0.326 e. The van der Waals surface area contributed by atoms with Crippen molar-refractivity contribution >= 4 is 70.2 Å². The molecule has 0 aromatic heterocycles. The van der Waals surface area contributed by atoms with E-state index >= 15 is 0 Å². The van der Waals surface area contributed by atoms with E-state index in [1.54, 1.807) is 0 Å². The zero-order valence-corrected chi connectivity index (χ0v) is 81.4. The Kier molecular flexibility index (Phi) is 54.7. The highest BCUT2D eigenvalue weighted by Gasteiger charge is 2.58. The van der Waals surface area contributed by atoms with E-state index in [0.717, 1.165) is 11.8 Å². The molecule has 0 radical (unpaired) electrons. The normalized spacial score (nSPS) is 39.6. The number of carboxylic acid groups (broad SMARTS) is 3. The van der Waals surface area contributed by atoms with Crippen LogP contribution in [0.2, 0.25) is 0 Å². The Morgan fingerprint density at radius 1 is 0.392 bits per heavy atom. The van der Waals surface area contributed by atoms with E-state index in [1.807, 2.05) is 0 Å². The second kappa shape index (κ2) is 62.2. The number of aliphatic hydroxyl groups excluding tert-OH is 21. The van der Waals surface area contributed by atoms with Gasteiger partial charge in [0.25, 0.3) is 0 Å². The van der Waals surface area contributed by atoms with E-state index < -0.39 is 354 Å². The summed E-state index contributed by atoms with van der Waals surface area (Å²) in [4.78, 5) is 113. The van der Waals surface area contributed by atoms with Crippen LogP contribution in [0.3, 0.4) is 0 Å². The predicted molar refractivity (Wildman–Crippen MR) is 495 cm³/mol. The van der Waals surface area contributed by atoms with Crippen molar-refractivity contribution < 1.29 is 227 Å². The van der Waals surface area contributed by atoms with Crippen molar-refractivity contribution in [2.24, 2.45) is 74.5 Å². The molecular formula is C82H153N19O46S. The molecule has 858 valence electrons. The van der Waals surface area contributed by atoms with Crippen LogP contribution >= 0.6 is 11.8 Å². The lowest BCUT2D eigenvalue weighted by Gasteiger charge is -2.47. The maximum absolute atomic E-state index is 12.8. The monoisotopic (exact) mass is 2170 g/mol. The molecule has 65 nitrogen and oxygen atoms in total. The van der Waals surface area contributed by atoms with Gasteiger partial charge in [0.05, 0.1) is 56.1 Å². The zero-order valence-electron chi connectivity index (χ0n) is 80.6. The van der Waals surface area contributed by atoms with Crippen molar-refractivity contribution in [2.45, 2.75) is 377 Å². The van der Waals surface area contributed by atoms with Crippen LogP contribution < -0.4 is 106 Å². The van der Waals surface area contributed by atoms with Gasteiger partial charge in [0.2, 0.25) is 40.6 Å². The molecule has 6 amide bonds. The summed E-state index contributed by atoms with van der Waals surface area (Å²) in [5.74, 6) is -6.05. The molecule has 3 saturated carbocycles. The van der Waals surface area contributed by atoms with Gasteiger partial charge in [0, 0.05) is 95.4 Å². The highest BCUT2D eigenvalue weighted by atomic mass is 32.2. The minimum atomic E-state index is -1.66. The minimum absolute atomic E-state index is 0.0155. The number of amides is 6. The second-order valence-corrected chi connectivity index (χ2v) is 37.9. The number of hydrogen-bond acceptors (Lipinski definition) is 57. The number of nitrogens with two attached hydrogens (primary N) is 13. The molecule has 10 fully saturated rings. The Labute approximate surface area is 849 Å². The molecule has 0 aromatic carbocycles. The summed E-state index contributed by atoms with van der Waals surface area (Å²) in [5.41, 5.74) is 75.4. The Bertz CT molecular complexity index is 4070. The predicted octanol–water partition coefficient (Wildman–Crippen LogP) is -25.1. The number of carboxylic acids is 3. The lowest BCUT2D eigenvalue weighted by atomic mass is 9.83. The van der Waals surface area contributed by atoms with Gasteiger partial charge in [-0.3, -0.25) is 43.2 Å². The van der Waals surface area contributed by atoms with Gasteiger partial charge < -0.3 is 286 Å². The number of hydrogen-bond donors (Lipinski definition) is 43. The molecule has 3 aliphatic carbocycles. The van der Waals surface area contributed by atoms with Gasteiger partial charge in [-0.05, 0) is 64.3 Å². The number of carbonyl (C=O) groups excluding carboxylic acids is 7. The van der Waals surface area contributed by atoms with Gasteiger partial charge >= 0.3 is 17.9 Å². The van der Waals surface area contributed by atoms with Crippen LogP contribution in [0.1, 0.15) is 84.0 Å². The molecule has 48 atom stereocenters. The van der Waals surface area contributed by atoms with E-state index in [4.69, 9.17) is 147 Å². The average Bonchev–Trinajstić information content (AvgIpc) is 1.26. The Morgan fingerprint density at radius 2 is 0.709 bits per heavy atom. The van der Waals surface area contributed by atoms with E-state index in [9.17, 15) is 155 Å². The van der Waals surface area contributed by atoms with Gasteiger partial charge in [-0.1, -0.05) is 11.8 Å². The van der Waals surface area contributed by atoms with Crippen LogP contribution in [0, 0.1) is 0 Å². The minimum Gasteiger partial charge on any atom is -0.480 e. The van der Waals surface area contributed by atoms with Crippen LogP contribution in [-0.2, 0) is 105 Å². The lowest BCUT2D eigenvalue weighted by molar-refractivity contribution is -0.310. The summed E-state index contributed by atoms with van der Waals surface area (Å²) in [7, 11) is 0. The fourth-order valence-corrected chi connectivity index (χ4v) is 17.5. The van der Waals surface area contributed by atoms with Crippen LogP contribution in [0.15, 0.2) is 0 Å². The first-order valence-corrected chi connectivity index (χ1v) is 48.6. The maximum atomic E-state index is 12.8. The third kappa shape index (κ3) is 36.5. The van der Waals surface area contributed by atoms with E-state index in [1.165, 1.54) is 6.92 Å². The van der Waals surface area contributed by atoms with Crippen molar-refractivity contribution in [1.29, 1.82) is 0 Å². The molecule has 0 bridgehead atoms. The molecule has 7 aliphatic heterocycles. The quantitative estimate of drug-likeness (QED) is 0.0252. The lowest BCUT2D eigenvalue weighted by Crippen LogP contribution is -2.69. The summed E-state index contributed by atoms with van der Waals surface area (Å²) < 4.78 is 68.0. The van der Waals surface area contributed by atoms with Crippen LogP contribution in [-0.4, -0.2) is 546 Å². The fraction of sp³-hybridized carbons (Fsp3) is 0.878. The summed E-state index contributed by atoms with van der Waals surface area (Å²) in [6.07, 6.45) is -49.5. The van der Waals surface area contributed by atoms with Crippen LogP contribution in [0.25, 0.3) is 0 Å². The van der Waals surface area contributed by atoms with Crippen LogP contribution in [0.5, 0.6) is 0 Å². The molecule has 7 saturated heterocycles. The number of aliphatic carboxylic acids is 3. The van der Waals surface area contributed by atoms with Gasteiger partial charge in [0.15, 0.2) is 37.7 Å². The molecule has 7 heterocycles.